The van der Waals surface area contributed by atoms with Gasteiger partial charge < -0.3 is 18.7 Å². The number of carbonyl (C=O) groups is 2. The fourth-order valence-electron chi connectivity index (χ4n) is 3.83. The van der Waals surface area contributed by atoms with E-state index in [2.05, 4.69) is 63.6 Å². The van der Waals surface area contributed by atoms with Gasteiger partial charge in [0, 0.05) is 26.2 Å². The predicted molar refractivity (Wildman–Crippen MR) is 153 cm³/mol. The maximum absolute atomic E-state index is 12.5. The second kappa shape index (κ2) is 14.1. The summed E-state index contributed by atoms with van der Waals surface area (Å²) in [6.07, 6.45) is 2.60. The van der Waals surface area contributed by atoms with Gasteiger partial charge in [-0.25, -0.2) is 0 Å². The van der Waals surface area contributed by atoms with Crippen molar-refractivity contribution < 1.29 is 18.4 Å². The van der Waals surface area contributed by atoms with E-state index in [-0.39, 0.29) is 11.8 Å². The van der Waals surface area contributed by atoms with Crippen LogP contribution in [0.25, 0.3) is 0 Å². The zero-order valence-electron chi connectivity index (χ0n) is 22.1. The first-order valence-corrected chi connectivity index (χ1v) is 18.1. The van der Waals surface area contributed by atoms with Gasteiger partial charge in [-0.05, 0) is 48.7 Å². The summed E-state index contributed by atoms with van der Waals surface area (Å²) in [5.74, 6) is -0.365. The minimum Gasteiger partial charge on any atom is -0.411 e. The van der Waals surface area contributed by atoms with E-state index in [0.29, 0.717) is 39.4 Å². The molecule has 0 saturated heterocycles. The molecule has 0 N–H and O–H groups in total. The molecule has 0 bridgehead atoms. The highest BCUT2D eigenvalue weighted by Crippen LogP contribution is 2.08. The van der Waals surface area contributed by atoms with Gasteiger partial charge in [0.05, 0.1) is 13.2 Å². The number of rotatable bonds is 15. The van der Waals surface area contributed by atoms with Crippen molar-refractivity contribution in [3.8, 4) is 0 Å². The molecule has 0 radical (unpaired) electrons. The third-order valence-corrected chi connectivity index (χ3v) is 11.5. The van der Waals surface area contributed by atoms with Crippen LogP contribution in [0, 0.1) is 0 Å². The zero-order valence-corrected chi connectivity index (χ0v) is 24.1. The molecule has 0 aliphatic carbocycles. The molecule has 0 spiro atoms. The third-order valence-electron chi connectivity index (χ3n) is 6.20. The first-order chi connectivity index (χ1) is 17.1. The average molecular weight is 525 g/mol. The van der Waals surface area contributed by atoms with Crippen molar-refractivity contribution in [2.24, 2.45) is 0 Å². The van der Waals surface area contributed by atoms with E-state index in [1.54, 1.807) is 9.80 Å². The summed E-state index contributed by atoms with van der Waals surface area (Å²) in [6.45, 7) is 18.3. The molecule has 0 aliphatic heterocycles. The Balaban J connectivity index is 1.93. The Hall–Kier alpha value is -2.79. The van der Waals surface area contributed by atoms with Gasteiger partial charge >= 0.3 is 0 Å². The summed E-state index contributed by atoms with van der Waals surface area (Å²) >= 11 is 0. The second-order valence-corrected chi connectivity index (χ2v) is 17.3. The number of carbonyl (C=O) groups excluding carboxylic acids is 2. The molecule has 0 heterocycles. The van der Waals surface area contributed by atoms with Gasteiger partial charge in [0.2, 0.25) is 28.4 Å². The van der Waals surface area contributed by atoms with Gasteiger partial charge in [0.25, 0.3) is 0 Å². The van der Waals surface area contributed by atoms with E-state index < -0.39 is 16.6 Å². The molecule has 36 heavy (non-hydrogen) atoms. The van der Waals surface area contributed by atoms with E-state index in [1.807, 2.05) is 36.4 Å². The van der Waals surface area contributed by atoms with Crippen LogP contribution in [0.5, 0.6) is 0 Å². The summed E-state index contributed by atoms with van der Waals surface area (Å²) in [5.41, 5.74) is 0. The molecule has 0 fully saturated rings. The van der Waals surface area contributed by atoms with Gasteiger partial charge in [0.1, 0.15) is 0 Å². The summed E-state index contributed by atoms with van der Waals surface area (Å²) in [5, 5.41) is 2.41. The highest BCUT2D eigenvalue weighted by molar-refractivity contribution is 6.84. The second-order valence-electron chi connectivity index (χ2n) is 9.51. The number of nitrogens with zero attached hydrogens (tertiary/aromatic N) is 2. The van der Waals surface area contributed by atoms with Gasteiger partial charge in [-0.1, -0.05) is 73.8 Å². The smallest absolute Gasteiger partial charge is 0.246 e. The van der Waals surface area contributed by atoms with Crippen LogP contribution < -0.4 is 10.4 Å². The van der Waals surface area contributed by atoms with Crippen LogP contribution in [-0.2, 0) is 18.4 Å². The molecule has 194 valence electrons. The maximum Gasteiger partial charge on any atom is 0.246 e. The van der Waals surface area contributed by atoms with Crippen LogP contribution in [0.3, 0.4) is 0 Å². The van der Waals surface area contributed by atoms with Crippen LogP contribution in [0.4, 0.5) is 0 Å². The SMILES string of the molecule is C=CC(=O)N(CCO[Si](C)(C)c1ccccc1)CCN(CCO[Si](C)(C)c1ccccc1)C(=O)C=C. The monoisotopic (exact) mass is 524 g/mol. The predicted octanol–water partition coefficient (Wildman–Crippen LogP) is 3.27. The molecule has 0 aliphatic rings. The van der Waals surface area contributed by atoms with Crippen molar-refractivity contribution in [3.05, 3.63) is 86.0 Å². The topological polar surface area (TPSA) is 59.1 Å². The van der Waals surface area contributed by atoms with Crippen molar-refractivity contribution in [1.82, 2.24) is 9.80 Å². The van der Waals surface area contributed by atoms with Crippen molar-refractivity contribution >= 4 is 38.8 Å². The fraction of sp³-hybridized carbons (Fsp3) is 0.357. The Labute approximate surface area is 218 Å². The molecule has 0 atom stereocenters. The van der Waals surface area contributed by atoms with E-state index in [1.165, 1.54) is 22.5 Å². The van der Waals surface area contributed by atoms with Crippen molar-refractivity contribution in [2.75, 3.05) is 39.4 Å². The Kier molecular flexibility index (Phi) is 11.5. The Morgan fingerprint density at radius 2 is 1.00 bits per heavy atom. The molecule has 2 amide bonds. The highest BCUT2D eigenvalue weighted by Gasteiger charge is 2.27. The molecule has 0 saturated carbocycles. The van der Waals surface area contributed by atoms with Crippen molar-refractivity contribution in [1.29, 1.82) is 0 Å². The Morgan fingerprint density at radius 3 is 1.31 bits per heavy atom. The lowest BCUT2D eigenvalue weighted by atomic mass is 10.3. The number of amides is 2. The molecule has 2 rings (SSSR count). The lowest BCUT2D eigenvalue weighted by molar-refractivity contribution is -0.130. The molecular formula is C28H40N2O4Si2. The van der Waals surface area contributed by atoms with Crippen molar-refractivity contribution in [3.63, 3.8) is 0 Å². The van der Waals surface area contributed by atoms with Gasteiger partial charge in [-0.15, -0.1) is 0 Å². The zero-order chi connectivity index (χ0) is 26.6. The highest BCUT2D eigenvalue weighted by atomic mass is 28.4. The minimum atomic E-state index is -2.08. The third kappa shape index (κ3) is 9.02. The fourth-order valence-corrected chi connectivity index (χ4v) is 7.36. The van der Waals surface area contributed by atoms with Crippen LogP contribution in [-0.4, -0.2) is 77.6 Å². The summed E-state index contributed by atoms with van der Waals surface area (Å²) in [4.78, 5) is 28.4. The summed E-state index contributed by atoms with van der Waals surface area (Å²) in [7, 11) is -4.16. The number of hydrogen-bond acceptors (Lipinski definition) is 4. The molecule has 2 aromatic carbocycles. The molecule has 2 aromatic rings. The van der Waals surface area contributed by atoms with Crippen LogP contribution in [0.2, 0.25) is 26.2 Å². The van der Waals surface area contributed by atoms with Crippen LogP contribution in [0.1, 0.15) is 0 Å². The Morgan fingerprint density at radius 1 is 0.667 bits per heavy atom. The average Bonchev–Trinajstić information content (AvgIpc) is 2.89. The van der Waals surface area contributed by atoms with E-state index in [9.17, 15) is 9.59 Å². The maximum atomic E-state index is 12.5. The van der Waals surface area contributed by atoms with Crippen molar-refractivity contribution in [2.45, 2.75) is 26.2 Å². The summed E-state index contributed by atoms with van der Waals surface area (Å²) < 4.78 is 12.5. The molecule has 8 heteroatoms. The standard InChI is InChI=1S/C28H40N2O4Si2/c1-7-27(31)29(21-23-33-35(3,4)25-15-11-9-12-16-25)19-20-30(28(32)8-2)22-24-34-36(5,6)26-17-13-10-14-18-26/h7-18H,1-2,19-24H2,3-6H3. The van der Waals surface area contributed by atoms with Gasteiger partial charge in [0.15, 0.2) is 0 Å². The lowest BCUT2D eigenvalue weighted by Crippen LogP contribution is -2.48. The van der Waals surface area contributed by atoms with Gasteiger partial charge in [-0.3, -0.25) is 9.59 Å². The molecule has 0 unspecified atom stereocenters. The first kappa shape index (κ1) is 29.4. The van der Waals surface area contributed by atoms with Crippen LogP contribution in [0.15, 0.2) is 86.0 Å². The first-order valence-electron chi connectivity index (χ1n) is 12.3. The number of hydrogen-bond donors (Lipinski definition) is 0. The van der Waals surface area contributed by atoms with Gasteiger partial charge in [-0.2, -0.15) is 0 Å². The largest absolute Gasteiger partial charge is 0.411 e. The molecule has 0 aromatic heterocycles. The normalized spacial score (nSPS) is 11.6. The summed E-state index contributed by atoms with van der Waals surface area (Å²) in [6, 6.07) is 20.4. The van der Waals surface area contributed by atoms with Crippen LogP contribution >= 0.6 is 0 Å². The van der Waals surface area contributed by atoms with E-state index in [4.69, 9.17) is 8.85 Å². The molecular weight excluding hydrogens is 484 g/mol. The quantitative estimate of drug-likeness (QED) is 0.265. The van der Waals surface area contributed by atoms with E-state index >= 15 is 0 Å². The molecule has 6 nitrogen and oxygen atoms in total. The Bertz CT molecular complexity index is 916. The lowest BCUT2D eigenvalue weighted by Gasteiger charge is -2.30. The minimum absolute atomic E-state index is 0.183. The number of benzene rings is 2. The van der Waals surface area contributed by atoms with E-state index in [0.717, 1.165) is 0 Å².